The summed E-state index contributed by atoms with van der Waals surface area (Å²) in [5.74, 6) is 0. The highest BCUT2D eigenvalue weighted by Gasteiger charge is 2.12. The van der Waals surface area contributed by atoms with Gasteiger partial charge in [-0.05, 0) is 12.1 Å². The second-order valence-corrected chi connectivity index (χ2v) is 3.97. The summed E-state index contributed by atoms with van der Waals surface area (Å²) in [6.07, 6.45) is 2.76. The smallest absolute Gasteiger partial charge is 0.262 e. The highest BCUT2D eigenvalue weighted by molar-refractivity contribution is 7.89. The first-order valence-corrected chi connectivity index (χ1v) is 5.17. The third-order valence-electron chi connectivity index (χ3n) is 1.31. The van der Waals surface area contributed by atoms with Gasteiger partial charge in [-0.2, -0.15) is 0 Å². The summed E-state index contributed by atoms with van der Waals surface area (Å²) in [5.41, 5.74) is 0. The molecule has 6 nitrogen and oxygen atoms in total. The van der Waals surface area contributed by atoms with E-state index in [0.717, 1.165) is 0 Å². The molecule has 0 bridgehead atoms. The van der Waals surface area contributed by atoms with Crippen molar-refractivity contribution in [1.82, 2.24) is 9.87 Å². The molecule has 0 aliphatic rings. The van der Waals surface area contributed by atoms with E-state index in [4.69, 9.17) is 0 Å². The van der Waals surface area contributed by atoms with Gasteiger partial charge in [-0.25, -0.2) is 8.42 Å². The first-order chi connectivity index (χ1) is 6.67. The maximum atomic E-state index is 11.4. The van der Waals surface area contributed by atoms with Crippen LogP contribution in [0, 0.1) is 0 Å². The number of nitrogens with one attached hydrogen (secondary N) is 1. The third-order valence-corrected chi connectivity index (χ3v) is 2.54. The number of hydrogen-bond acceptors (Lipinski definition) is 5. The summed E-state index contributed by atoms with van der Waals surface area (Å²) in [4.78, 5) is 10.2. The largest absolute Gasteiger partial charge is 0.357 e. The molecule has 78 valence electrons. The quantitative estimate of drug-likeness (QED) is 0.424. The average molecular weight is 218 g/mol. The van der Waals surface area contributed by atoms with Gasteiger partial charge in [-0.15, -0.1) is 0 Å². The molecule has 0 aliphatic carbocycles. The van der Waals surface area contributed by atoms with Crippen molar-refractivity contribution >= 4 is 10.0 Å². The molecule has 0 unspecified atom stereocenters. The lowest BCUT2D eigenvalue weighted by molar-refractivity contribution is -0.0540. The maximum absolute atomic E-state index is 11.4. The zero-order valence-corrected chi connectivity index (χ0v) is 8.32. The number of methoxy groups -OCH3 is 1. The number of rotatable bonds is 5. The lowest BCUT2D eigenvalue weighted by Gasteiger charge is -2.05. The van der Waals surface area contributed by atoms with Gasteiger partial charge in [0, 0.05) is 19.5 Å². The standard InChI is InChI=1S/C7H10N2O4S/c1-12-6-13-9-14(10,11)7-2-4-8-5-3-7/h2-5,9H,6H2,1H3. The monoisotopic (exact) mass is 218 g/mol. The van der Waals surface area contributed by atoms with E-state index in [0.29, 0.717) is 0 Å². The van der Waals surface area contributed by atoms with E-state index in [1.807, 2.05) is 4.89 Å². The van der Waals surface area contributed by atoms with Crippen molar-refractivity contribution in [2.24, 2.45) is 0 Å². The van der Waals surface area contributed by atoms with Crippen LogP contribution in [0.5, 0.6) is 0 Å². The first kappa shape index (κ1) is 11.1. The molecule has 1 rings (SSSR count). The van der Waals surface area contributed by atoms with Crippen LogP contribution in [0.3, 0.4) is 0 Å². The lowest BCUT2D eigenvalue weighted by atomic mass is 10.5. The Balaban J connectivity index is 2.67. The van der Waals surface area contributed by atoms with Crippen LogP contribution in [0.2, 0.25) is 0 Å². The Morgan fingerprint density at radius 3 is 2.64 bits per heavy atom. The van der Waals surface area contributed by atoms with Gasteiger partial charge in [0.1, 0.15) is 0 Å². The van der Waals surface area contributed by atoms with Gasteiger partial charge in [0.25, 0.3) is 10.0 Å². The Hall–Kier alpha value is -1.02. The molecule has 14 heavy (non-hydrogen) atoms. The van der Waals surface area contributed by atoms with E-state index in [-0.39, 0.29) is 11.7 Å². The summed E-state index contributed by atoms with van der Waals surface area (Å²) >= 11 is 0. The molecule has 0 saturated heterocycles. The van der Waals surface area contributed by atoms with Crippen LogP contribution in [0.25, 0.3) is 0 Å². The van der Waals surface area contributed by atoms with Gasteiger partial charge >= 0.3 is 0 Å². The van der Waals surface area contributed by atoms with Crippen molar-refractivity contribution in [3.05, 3.63) is 24.5 Å². The summed E-state index contributed by atoms with van der Waals surface area (Å²) in [5, 5.41) is 0. The van der Waals surface area contributed by atoms with Crippen LogP contribution >= 0.6 is 0 Å². The minimum absolute atomic E-state index is 0.0867. The fourth-order valence-electron chi connectivity index (χ4n) is 0.726. The van der Waals surface area contributed by atoms with Crippen molar-refractivity contribution in [2.75, 3.05) is 13.9 Å². The normalized spacial score (nSPS) is 11.5. The molecule has 0 saturated carbocycles. The van der Waals surface area contributed by atoms with Crippen molar-refractivity contribution < 1.29 is 18.0 Å². The molecule has 0 aliphatic heterocycles. The maximum Gasteiger partial charge on any atom is 0.262 e. The molecule has 1 aromatic rings. The van der Waals surface area contributed by atoms with E-state index in [9.17, 15) is 8.42 Å². The minimum atomic E-state index is -3.62. The van der Waals surface area contributed by atoms with E-state index >= 15 is 0 Å². The van der Waals surface area contributed by atoms with Crippen LogP contribution in [0.15, 0.2) is 29.4 Å². The van der Waals surface area contributed by atoms with Crippen LogP contribution in [0.1, 0.15) is 0 Å². The van der Waals surface area contributed by atoms with Gasteiger partial charge in [-0.3, -0.25) is 9.82 Å². The van der Waals surface area contributed by atoms with Gasteiger partial charge in [0.15, 0.2) is 6.79 Å². The van der Waals surface area contributed by atoms with Crippen LogP contribution in [0.4, 0.5) is 0 Å². The minimum Gasteiger partial charge on any atom is -0.357 e. The molecule has 1 N–H and O–H groups in total. The molecule has 0 spiro atoms. The van der Waals surface area contributed by atoms with Crippen molar-refractivity contribution in [3.63, 3.8) is 0 Å². The number of ether oxygens (including phenoxy) is 1. The predicted octanol–water partition coefficient (Wildman–Crippen LogP) is -0.105. The number of nitrogens with zero attached hydrogens (tertiary/aromatic N) is 1. The molecular formula is C7H10N2O4S. The van der Waals surface area contributed by atoms with E-state index in [2.05, 4.69) is 14.6 Å². The highest BCUT2D eigenvalue weighted by atomic mass is 32.2. The summed E-state index contributed by atoms with van der Waals surface area (Å²) < 4.78 is 27.3. The molecular weight excluding hydrogens is 208 g/mol. The Morgan fingerprint density at radius 1 is 1.43 bits per heavy atom. The summed E-state index contributed by atoms with van der Waals surface area (Å²) in [7, 11) is -2.24. The predicted molar refractivity (Wildman–Crippen MR) is 47.5 cm³/mol. The molecule has 0 aromatic carbocycles. The third kappa shape index (κ3) is 3.04. The topological polar surface area (TPSA) is 77.5 Å². The number of hydrogen-bond donors (Lipinski definition) is 1. The van der Waals surface area contributed by atoms with Gasteiger partial charge < -0.3 is 4.74 Å². The molecule has 0 amide bonds. The second-order valence-electron chi connectivity index (χ2n) is 2.32. The Morgan fingerprint density at radius 2 is 2.07 bits per heavy atom. The zero-order valence-electron chi connectivity index (χ0n) is 7.50. The number of aromatic nitrogens is 1. The van der Waals surface area contributed by atoms with Crippen LogP contribution in [-0.2, 0) is 19.6 Å². The molecule has 1 aromatic heterocycles. The zero-order chi connectivity index (χ0) is 10.4. The van der Waals surface area contributed by atoms with E-state index < -0.39 is 10.0 Å². The molecule has 1 heterocycles. The van der Waals surface area contributed by atoms with Gasteiger partial charge in [0.05, 0.1) is 4.90 Å². The number of sulfonamides is 1. The molecule has 0 radical (unpaired) electrons. The summed E-state index contributed by atoms with van der Waals surface area (Å²) in [6.45, 7) is -0.148. The fraction of sp³-hybridized carbons (Fsp3) is 0.286. The van der Waals surface area contributed by atoms with Crippen molar-refractivity contribution in [2.45, 2.75) is 4.90 Å². The van der Waals surface area contributed by atoms with Gasteiger partial charge in [-0.1, -0.05) is 4.89 Å². The Kier molecular flexibility index (Phi) is 3.96. The molecule has 0 atom stereocenters. The highest BCUT2D eigenvalue weighted by Crippen LogP contribution is 2.04. The Labute approximate surface area is 81.9 Å². The number of pyridine rings is 1. The Bertz CT molecular complexity index is 365. The molecule has 0 fully saturated rings. The van der Waals surface area contributed by atoms with Crippen molar-refractivity contribution in [1.29, 1.82) is 0 Å². The van der Waals surface area contributed by atoms with E-state index in [1.165, 1.54) is 31.6 Å². The fourth-order valence-corrected chi connectivity index (χ4v) is 1.51. The van der Waals surface area contributed by atoms with Crippen molar-refractivity contribution in [3.8, 4) is 0 Å². The van der Waals surface area contributed by atoms with Crippen LogP contribution < -0.4 is 4.89 Å². The van der Waals surface area contributed by atoms with Gasteiger partial charge in [0.2, 0.25) is 0 Å². The first-order valence-electron chi connectivity index (χ1n) is 3.69. The molecule has 7 heteroatoms. The van der Waals surface area contributed by atoms with Crippen LogP contribution in [-0.4, -0.2) is 27.3 Å². The van der Waals surface area contributed by atoms with E-state index in [1.54, 1.807) is 0 Å². The SMILES string of the molecule is COCONS(=O)(=O)c1ccncc1. The average Bonchev–Trinajstić information content (AvgIpc) is 2.19. The second kappa shape index (κ2) is 5.01. The summed E-state index contributed by atoms with van der Waals surface area (Å²) in [6, 6.07) is 2.72. The lowest BCUT2D eigenvalue weighted by Crippen LogP contribution is -2.24.